The first kappa shape index (κ1) is 24.1. The predicted molar refractivity (Wildman–Crippen MR) is 93.0 cm³/mol. The first-order valence-corrected chi connectivity index (χ1v) is 8.60. The van der Waals surface area contributed by atoms with E-state index in [0.29, 0.717) is 25.3 Å². The Hall–Kier alpha value is -1.94. The molecule has 146 valence electrons. The second-order valence-corrected chi connectivity index (χ2v) is 6.07. The fourth-order valence-corrected chi connectivity index (χ4v) is 2.68. The van der Waals surface area contributed by atoms with Crippen LogP contribution in [0.5, 0.6) is 5.75 Å². The molecule has 8 heteroatoms. The third-order valence-corrected chi connectivity index (χ3v) is 4.14. The van der Waals surface area contributed by atoms with Gasteiger partial charge in [0.1, 0.15) is 11.9 Å². The molecule has 0 aliphatic heterocycles. The van der Waals surface area contributed by atoms with Gasteiger partial charge in [0, 0.05) is 19.5 Å². The minimum atomic E-state index is -4.40. The molecule has 28 heavy (non-hydrogen) atoms. The number of carboxylic acids is 1. The molecule has 1 atom stereocenters. The molecule has 0 fully saturated rings. The van der Waals surface area contributed by atoms with E-state index < -0.39 is 23.8 Å². The Morgan fingerprint density at radius 2 is 1.71 bits per heavy atom. The number of aliphatic carboxylic acids is 1. The van der Waals surface area contributed by atoms with Crippen molar-refractivity contribution >= 4 is 5.97 Å². The van der Waals surface area contributed by atoms with Gasteiger partial charge in [0.2, 0.25) is 0 Å². The molecule has 0 saturated heterocycles. The average molecular weight is 387 g/mol. The number of carboxylic acid groups (broad SMARTS) is 1. The Morgan fingerprint density at radius 3 is 2.21 bits per heavy atom. The monoisotopic (exact) mass is 387 g/mol. The van der Waals surface area contributed by atoms with Crippen LogP contribution in [-0.4, -0.2) is 30.5 Å². The van der Waals surface area contributed by atoms with Crippen molar-refractivity contribution in [1.82, 2.24) is 4.90 Å². The number of carbonyl (C=O) groups excluding carboxylic acids is 1. The van der Waals surface area contributed by atoms with Gasteiger partial charge in [0.15, 0.2) is 0 Å². The molecule has 0 unspecified atom stereocenters. The maximum absolute atomic E-state index is 12.7. The Morgan fingerprint density at radius 1 is 1.11 bits per heavy atom. The van der Waals surface area contributed by atoms with Crippen LogP contribution in [0.2, 0.25) is 0 Å². The zero-order valence-corrected chi connectivity index (χ0v) is 15.9. The zero-order valence-electron chi connectivity index (χ0n) is 15.9. The van der Waals surface area contributed by atoms with E-state index in [0.717, 1.165) is 17.7 Å². The fraction of sp³-hybridized carbons (Fsp3) is 0.350. The van der Waals surface area contributed by atoms with Crippen LogP contribution in [0.3, 0.4) is 0 Å². The molecule has 0 aliphatic carbocycles. The summed E-state index contributed by atoms with van der Waals surface area (Å²) in [6.45, 7) is 2.65. The smallest absolute Gasteiger partial charge is 0.549 e. The Labute approximate surface area is 174 Å². The summed E-state index contributed by atoms with van der Waals surface area (Å²) in [6.07, 6.45) is -4.34. The number of nitrogens with zero attached hydrogens (tertiary/aromatic N) is 1. The van der Waals surface area contributed by atoms with E-state index in [2.05, 4.69) is 0 Å². The van der Waals surface area contributed by atoms with Crippen molar-refractivity contribution in [3.05, 3.63) is 65.7 Å². The number of hydrogen-bond acceptors (Lipinski definition) is 4. The molecule has 0 aliphatic rings. The maximum Gasteiger partial charge on any atom is 1.00 e. The summed E-state index contributed by atoms with van der Waals surface area (Å²) < 4.78 is 44.0. The molecule has 0 spiro atoms. The maximum atomic E-state index is 12.7. The van der Waals surface area contributed by atoms with Gasteiger partial charge < -0.3 is 14.6 Å². The van der Waals surface area contributed by atoms with Crippen molar-refractivity contribution in [2.24, 2.45) is 0 Å². The quantitative estimate of drug-likeness (QED) is 0.581. The molecule has 0 saturated carbocycles. The Kier molecular flexibility index (Phi) is 9.60. The van der Waals surface area contributed by atoms with Gasteiger partial charge in [-0.25, -0.2) is 0 Å². The van der Waals surface area contributed by atoms with E-state index in [1.54, 1.807) is 4.90 Å². The standard InChI is InChI=1S/C20H22F3NO3.Li/c1-2-24(14-19(25)26)13-12-18(15-6-4-3-5-7-15)27-17-10-8-16(9-11-17)20(21,22)23;/h3-11,18H,2,12-14H2,1H3,(H,25,26);/q;+1/p-1/t18-;/m1./s1. The zero-order chi connectivity index (χ0) is 19.9. The van der Waals surface area contributed by atoms with Gasteiger partial charge in [-0.15, -0.1) is 0 Å². The molecule has 0 bridgehead atoms. The first-order chi connectivity index (χ1) is 12.8. The van der Waals surface area contributed by atoms with Gasteiger partial charge in [-0.3, -0.25) is 4.90 Å². The van der Waals surface area contributed by atoms with E-state index in [4.69, 9.17) is 4.74 Å². The molecule has 0 amide bonds. The van der Waals surface area contributed by atoms with Gasteiger partial charge in [-0.1, -0.05) is 37.3 Å². The van der Waals surface area contributed by atoms with Crippen LogP contribution in [-0.2, 0) is 11.0 Å². The first-order valence-electron chi connectivity index (χ1n) is 8.60. The number of rotatable bonds is 9. The summed E-state index contributed by atoms with van der Waals surface area (Å²) in [6, 6.07) is 13.8. The SMILES string of the molecule is CCN(CC[C@@H](Oc1ccc(C(F)(F)F)cc1)c1ccccc1)CC(=O)[O-].[Li+]. The molecular formula is C20H21F3LiNO3. The largest absolute Gasteiger partial charge is 1.00 e. The number of hydrogen-bond donors (Lipinski definition) is 0. The van der Waals surface area contributed by atoms with Crippen LogP contribution in [0.15, 0.2) is 54.6 Å². The van der Waals surface area contributed by atoms with Crippen LogP contribution >= 0.6 is 0 Å². The molecule has 0 aromatic heterocycles. The number of alkyl halides is 3. The summed E-state index contributed by atoms with van der Waals surface area (Å²) in [5, 5.41) is 10.8. The van der Waals surface area contributed by atoms with Gasteiger partial charge >= 0.3 is 25.0 Å². The Balaban J connectivity index is 0.00000392. The summed E-state index contributed by atoms with van der Waals surface area (Å²) in [5.74, 6) is -0.837. The van der Waals surface area contributed by atoms with Crippen molar-refractivity contribution < 1.29 is 46.7 Å². The van der Waals surface area contributed by atoms with Crippen molar-refractivity contribution in [2.45, 2.75) is 25.6 Å². The molecular weight excluding hydrogens is 366 g/mol. The summed E-state index contributed by atoms with van der Waals surface area (Å²) in [7, 11) is 0. The molecule has 4 nitrogen and oxygen atoms in total. The normalized spacial score (nSPS) is 12.3. The number of ether oxygens (including phenoxy) is 1. The van der Waals surface area contributed by atoms with Gasteiger partial charge in [0.25, 0.3) is 0 Å². The van der Waals surface area contributed by atoms with Gasteiger partial charge in [0.05, 0.1) is 11.5 Å². The average Bonchev–Trinajstić information content (AvgIpc) is 2.64. The van der Waals surface area contributed by atoms with Crippen molar-refractivity contribution in [3.8, 4) is 5.75 Å². The third kappa shape index (κ3) is 7.59. The van der Waals surface area contributed by atoms with E-state index in [9.17, 15) is 23.1 Å². The van der Waals surface area contributed by atoms with E-state index >= 15 is 0 Å². The topological polar surface area (TPSA) is 52.6 Å². The number of benzene rings is 2. The minimum absolute atomic E-state index is 0. The second kappa shape index (κ2) is 11.2. The fourth-order valence-electron chi connectivity index (χ4n) is 2.68. The number of carbonyl (C=O) groups is 1. The van der Waals surface area contributed by atoms with Crippen LogP contribution in [0.25, 0.3) is 0 Å². The van der Waals surface area contributed by atoms with Crippen molar-refractivity contribution in [1.29, 1.82) is 0 Å². The van der Waals surface area contributed by atoms with Crippen molar-refractivity contribution in [2.75, 3.05) is 19.6 Å². The molecule has 2 aromatic carbocycles. The van der Waals surface area contributed by atoms with Crippen LogP contribution < -0.4 is 28.7 Å². The predicted octanol–water partition coefficient (Wildman–Crippen LogP) is 0.291. The van der Waals surface area contributed by atoms with Gasteiger partial charge in [-0.2, -0.15) is 13.2 Å². The summed E-state index contributed by atoms with van der Waals surface area (Å²) >= 11 is 0. The molecule has 2 rings (SSSR count). The summed E-state index contributed by atoms with van der Waals surface area (Å²) in [4.78, 5) is 12.5. The third-order valence-electron chi connectivity index (χ3n) is 4.14. The minimum Gasteiger partial charge on any atom is -0.549 e. The molecule has 0 heterocycles. The molecule has 0 radical (unpaired) electrons. The van der Waals surface area contributed by atoms with Crippen LogP contribution in [0.4, 0.5) is 13.2 Å². The second-order valence-electron chi connectivity index (χ2n) is 6.07. The van der Waals surface area contributed by atoms with E-state index in [1.807, 2.05) is 37.3 Å². The Bertz CT molecular complexity index is 724. The van der Waals surface area contributed by atoms with E-state index in [-0.39, 0.29) is 25.4 Å². The number of likely N-dealkylation sites (N-methyl/N-ethyl adjacent to an activating group) is 1. The molecule has 2 aromatic rings. The van der Waals surface area contributed by atoms with Gasteiger partial charge in [-0.05, 0) is 36.4 Å². The van der Waals surface area contributed by atoms with E-state index in [1.165, 1.54) is 12.1 Å². The summed E-state index contributed by atoms with van der Waals surface area (Å²) in [5.41, 5.74) is 0.124. The molecule has 0 N–H and O–H groups in total. The van der Waals surface area contributed by atoms with Crippen LogP contribution in [0.1, 0.15) is 30.6 Å². The number of halogens is 3. The van der Waals surface area contributed by atoms with Crippen LogP contribution in [0, 0.1) is 0 Å². The van der Waals surface area contributed by atoms with Crippen molar-refractivity contribution in [3.63, 3.8) is 0 Å².